The van der Waals surface area contributed by atoms with Crippen molar-refractivity contribution in [3.63, 3.8) is 0 Å². The van der Waals surface area contributed by atoms with Crippen LogP contribution in [-0.4, -0.2) is 73.3 Å². The minimum atomic E-state index is -0.525. The first-order valence-electron chi connectivity index (χ1n) is 10.9. The van der Waals surface area contributed by atoms with Crippen molar-refractivity contribution in [2.45, 2.75) is 25.0 Å². The zero-order valence-electron chi connectivity index (χ0n) is 17.6. The lowest BCUT2D eigenvalue weighted by atomic mass is 10.1. The van der Waals surface area contributed by atoms with Gasteiger partial charge in [-0.25, -0.2) is 4.79 Å². The fourth-order valence-electron chi connectivity index (χ4n) is 4.09. The Balaban J connectivity index is 1.40. The van der Waals surface area contributed by atoms with Crippen LogP contribution in [0.15, 0.2) is 60.7 Å². The first kappa shape index (κ1) is 21.2. The summed E-state index contributed by atoms with van der Waals surface area (Å²) in [5, 5.41) is 2.98. The molecule has 0 spiro atoms. The summed E-state index contributed by atoms with van der Waals surface area (Å²) in [6.07, 6.45) is 1.00. The van der Waals surface area contributed by atoms with E-state index in [9.17, 15) is 9.59 Å². The second kappa shape index (κ2) is 10.3. The molecule has 4 rings (SSSR count). The fourth-order valence-corrected chi connectivity index (χ4v) is 4.09. The first-order valence-corrected chi connectivity index (χ1v) is 10.9. The fraction of sp³-hybridized carbons (Fsp3) is 0.417. The van der Waals surface area contributed by atoms with Crippen molar-refractivity contribution in [2.75, 3.05) is 39.4 Å². The van der Waals surface area contributed by atoms with Crippen molar-refractivity contribution in [3.05, 3.63) is 66.2 Å². The second-order valence-electron chi connectivity index (χ2n) is 7.86. The molecule has 0 bridgehead atoms. The summed E-state index contributed by atoms with van der Waals surface area (Å²) in [6.45, 7) is 3.08. The molecule has 7 nitrogen and oxygen atoms in total. The number of nitrogens with zero attached hydrogens (tertiary/aromatic N) is 2. The van der Waals surface area contributed by atoms with E-state index in [1.807, 2.05) is 60.7 Å². The molecule has 31 heavy (non-hydrogen) atoms. The van der Waals surface area contributed by atoms with Crippen LogP contribution in [0.25, 0.3) is 0 Å². The van der Waals surface area contributed by atoms with Crippen LogP contribution in [-0.2, 0) is 16.0 Å². The molecule has 0 aliphatic carbocycles. The maximum Gasteiger partial charge on any atom is 0.318 e. The molecule has 2 aliphatic heterocycles. The van der Waals surface area contributed by atoms with Crippen LogP contribution >= 0.6 is 0 Å². The number of morpholine rings is 1. The van der Waals surface area contributed by atoms with E-state index in [0.717, 1.165) is 17.7 Å². The summed E-state index contributed by atoms with van der Waals surface area (Å²) < 4.78 is 11.5. The number of carbonyl (C=O) groups is 2. The van der Waals surface area contributed by atoms with E-state index in [-0.39, 0.29) is 18.0 Å². The largest absolute Gasteiger partial charge is 0.488 e. The van der Waals surface area contributed by atoms with Gasteiger partial charge in [-0.15, -0.1) is 0 Å². The average Bonchev–Trinajstić information content (AvgIpc) is 3.24. The van der Waals surface area contributed by atoms with Crippen LogP contribution in [0.5, 0.6) is 5.75 Å². The Morgan fingerprint density at radius 2 is 1.68 bits per heavy atom. The van der Waals surface area contributed by atoms with Crippen molar-refractivity contribution in [1.29, 1.82) is 0 Å². The van der Waals surface area contributed by atoms with Gasteiger partial charge >= 0.3 is 6.03 Å². The predicted octanol–water partition coefficient (Wildman–Crippen LogP) is 2.32. The van der Waals surface area contributed by atoms with Gasteiger partial charge in [-0.1, -0.05) is 48.5 Å². The molecule has 1 N–H and O–H groups in total. The van der Waals surface area contributed by atoms with Crippen molar-refractivity contribution < 1.29 is 19.1 Å². The third kappa shape index (κ3) is 5.55. The highest BCUT2D eigenvalue weighted by Gasteiger charge is 2.42. The molecule has 7 heteroatoms. The summed E-state index contributed by atoms with van der Waals surface area (Å²) in [6, 6.07) is 18.8. The number of urea groups is 1. The van der Waals surface area contributed by atoms with Crippen LogP contribution < -0.4 is 10.1 Å². The van der Waals surface area contributed by atoms with Crippen LogP contribution in [0, 0.1) is 0 Å². The van der Waals surface area contributed by atoms with E-state index in [2.05, 4.69) is 5.32 Å². The number of carbonyl (C=O) groups excluding carboxylic acids is 2. The Kier molecular flexibility index (Phi) is 7.04. The van der Waals surface area contributed by atoms with Gasteiger partial charge in [0.05, 0.1) is 19.8 Å². The topological polar surface area (TPSA) is 71.1 Å². The summed E-state index contributed by atoms with van der Waals surface area (Å²) >= 11 is 0. The van der Waals surface area contributed by atoms with E-state index in [4.69, 9.17) is 9.47 Å². The number of para-hydroxylation sites is 1. The molecule has 2 fully saturated rings. The lowest BCUT2D eigenvalue weighted by molar-refractivity contribution is -0.139. The highest BCUT2D eigenvalue weighted by Crippen LogP contribution is 2.25. The van der Waals surface area contributed by atoms with Crippen molar-refractivity contribution in [1.82, 2.24) is 15.1 Å². The normalized spacial score (nSPS) is 21.0. The first-order chi connectivity index (χ1) is 15.2. The van der Waals surface area contributed by atoms with E-state index in [0.29, 0.717) is 45.8 Å². The maximum absolute atomic E-state index is 13.2. The third-order valence-corrected chi connectivity index (χ3v) is 5.71. The number of nitrogens with one attached hydrogen (secondary N) is 1. The quantitative estimate of drug-likeness (QED) is 0.774. The minimum absolute atomic E-state index is 0.0272. The monoisotopic (exact) mass is 423 g/mol. The van der Waals surface area contributed by atoms with Gasteiger partial charge < -0.3 is 24.6 Å². The SMILES string of the molecule is O=C(C1CC(Oc2ccccc2)CN1C(=O)NCCc1ccccc1)N1CCOCC1. The number of likely N-dealkylation sites (tertiary alicyclic amines) is 1. The van der Waals surface area contributed by atoms with Crippen LogP contribution in [0.1, 0.15) is 12.0 Å². The van der Waals surface area contributed by atoms with E-state index in [1.54, 1.807) is 9.80 Å². The molecule has 2 saturated heterocycles. The van der Waals surface area contributed by atoms with Crippen LogP contribution in [0.2, 0.25) is 0 Å². The molecule has 0 saturated carbocycles. The number of hydrogen-bond donors (Lipinski definition) is 1. The highest BCUT2D eigenvalue weighted by molar-refractivity contribution is 5.88. The third-order valence-electron chi connectivity index (χ3n) is 5.71. The Morgan fingerprint density at radius 1 is 1.00 bits per heavy atom. The molecular formula is C24H29N3O4. The standard InChI is InChI=1S/C24H29N3O4/c28-23(26-13-15-30-16-14-26)22-17-21(31-20-9-5-2-6-10-20)18-27(22)24(29)25-12-11-19-7-3-1-4-8-19/h1-10,21-22H,11-18H2,(H,25,29). The van der Waals surface area contributed by atoms with E-state index < -0.39 is 6.04 Å². The molecule has 2 atom stereocenters. The number of ether oxygens (including phenoxy) is 2. The van der Waals surface area contributed by atoms with Crippen LogP contribution in [0.3, 0.4) is 0 Å². The molecule has 0 aromatic heterocycles. The van der Waals surface area contributed by atoms with Crippen LogP contribution in [0.4, 0.5) is 4.79 Å². The minimum Gasteiger partial charge on any atom is -0.488 e. The highest BCUT2D eigenvalue weighted by atomic mass is 16.5. The lowest BCUT2D eigenvalue weighted by Crippen LogP contribution is -2.53. The van der Waals surface area contributed by atoms with E-state index in [1.165, 1.54) is 0 Å². The van der Waals surface area contributed by atoms with Gasteiger partial charge in [0, 0.05) is 26.1 Å². The van der Waals surface area contributed by atoms with Crippen molar-refractivity contribution in [2.24, 2.45) is 0 Å². The zero-order valence-corrected chi connectivity index (χ0v) is 17.6. The summed E-state index contributed by atoms with van der Waals surface area (Å²) in [7, 11) is 0. The molecule has 2 aromatic rings. The van der Waals surface area contributed by atoms with Crippen molar-refractivity contribution in [3.8, 4) is 5.75 Å². The van der Waals surface area contributed by atoms with Gasteiger partial charge in [0.25, 0.3) is 0 Å². The lowest BCUT2D eigenvalue weighted by Gasteiger charge is -2.32. The second-order valence-corrected chi connectivity index (χ2v) is 7.86. The van der Waals surface area contributed by atoms with Gasteiger partial charge in [0.15, 0.2) is 0 Å². The molecule has 2 unspecified atom stereocenters. The Morgan fingerprint density at radius 3 is 2.39 bits per heavy atom. The average molecular weight is 424 g/mol. The molecule has 2 aromatic carbocycles. The molecule has 164 valence electrons. The number of amides is 3. The maximum atomic E-state index is 13.2. The summed E-state index contributed by atoms with van der Waals surface area (Å²) in [5.41, 5.74) is 1.16. The number of rotatable bonds is 6. The predicted molar refractivity (Wildman–Crippen MR) is 117 cm³/mol. The van der Waals surface area contributed by atoms with Gasteiger partial charge in [0.2, 0.25) is 5.91 Å². The smallest absolute Gasteiger partial charge is 0.318 e. The Hall–Kier alpha value is -3.06. The van der Waals surface area contributed by atoms with Crippen molar-refractivity contribution >= 4 is 11.9 Å². The zero-order chi connectivity index (χ0) is 21.5. The van der Waals surface area contributed by atoms with E-state index >= 15 is 0 Å². The number of hydrogen-bond acceptors (Lipinski definition) is 4. The van der Waals surface area contributed by atoms with Gasteiger partial charge in [0.1, 0.15) is 17.9 Å². The molecule has 2 aliphatic rings. The molecule has 0 radical (unpaired) electrons. The Labute approximate surface area is 182 Å². The van der Waals surface area contributed by atoms with Gasteiger partial charge in [-0.3, -0.25) is 4.79 Å². The molecule has 2 heterocycles. The Bertz CT molecular complexity index is 856. The molecule has 3 amide bonds. The summed E-state index contributed by atoms with van der Waals surface area (Å²) in [5.74, 6) is 0.720. The van der Waals surface area contributed by atoms with Gasteiger partial charge in [-0.05, 0) is 24.1 Å². The van der Waals surface area contributed by atoms with Gasteiger partial charge in [-0.2, -0.15) is 0 Å². The summed E-state index contributed by atoms with van der Waals surface area (Å²) in [4.78, 5) is 29.6. The number of benzene rings is 2. The molecular weight excluding hydrogens is 394 g/mol.